The Balaban J connectivity index is 1.70. The van der Waals surface area contributed by atoms with Gasteiger partial charge in [0.05, 0.1) is 28.8 Å². The standard InChI is InChI=1S/C19H19Cl2N3O4S/c20-16-4-2-1-3-14(16)7-8-22-19(25)23-18-13-15(5-6-17(18)21)29(26,27)24-9-11-28-12-10-24/h1-8,13H,9-12H2,(H2,22,23,25)/b8-7+. The summed E-state index contributed by atoms with van der Waals surface area (Å²) in [5.74, 6) is 0. The Hall–Kier alpha value is -2.10. The first-order valence-electron chi connectivity index (χ1n) is 8.74. The van der Waals surface area contributed by atoms with Crippen LogP contribution in [0.15, 0.2) is 53.6 Å². The second kappa shape index (κ2) is 9.60. The van der Waals surface area contributed by atoms with Crippen LogP contribution in [0.5, 0.6) is 0 Å². The third-order valence-electron chi connectivity index (χ3n) is 4.18. The highest BCUT2D eigenvalue weighted by Crippen LogP contribution is 2.27. The van der Waals surface area contributed by atoms with Crippen molar-refractivity contribution in [2.75, 3.05) is 31.6 Å². The molecule has 1 saturated heterocycles. The van der Waals surface area contributed by atoms with Crippen LogP contribution in [0.3, 0.4) is 0 Å². The maximum absolute atomic E-state index is 12.8. The first-order chi connectivity index (χ1) is 13.9. The van der Waals surface area contributed by atoms with Gasteiger partial charge in [0.25, 0.3) is 0 Å². The lowest BCUT2D eigenvalue weighted by Gasteiger charge is -2.26. The molecule has 0 aromatic heterocycles. The Morgan fingerprint density at radius 1 is 1.07 bits per heavy atom. The summed E-state index contributed by atoms with van der Waals surface area (Å²) in [5.41, 5.74) is 0.927. The maximum Gasteiger partial charge on any atom is 0.323 e. The molecule has 1 aliphatic heterocycles. The van der Waals surface area contributed by atoms with Crippen LogP contribution < -0.4 is 10.6 Å². The fraction of sp³-hybridized carbons (Fsp3) is 0.211. The molecule has 0 aliphatic carbocycles. The van der Waals surface area contributed by atoms with Crippen LogP contribution in [-0.2, 0) is 14.8 Å². The van der Waals surface area contributed by atoms with Crippen molar-refractivity contribution in [1.29, 1.82) is 0 Å². The minimum atomic E-state index is -3.70. The Morgan fingerprint density at radius 2 is 1.79 bits per heavy atom. The zero-order valence-electron chi connectivity index (χ0n) is 15.3. The molecule has 0 bridgehead atoms. The zero-order chi connectivity index (χ0) is 20.9. The van der Waals surface area contributed by atoms with Gasteiger partial charge in [0.15, 0.2) is 0 Å². The summed E-state index contributed by atoms with van der Waals surface area (Å²) in [6.45, 7) is 1.25. The molecule has 0 unspecified atom stereocenters. The number of halogens is 2. The number of carbonyl (C=O) groups excluding carboxylic acids is 1. The van der Waals surface area contributed by atoms with E-state index in [1.54, 1.807) is 24.3 Å². The van der Waals surface area contributed by atoms with Crippen LogP contribution in [0, 0.1) is 0 Å². The summed E-state index contributed by atoms with van der Waals surface area (Å²) >= 11 is 12.2. The van der Waals surface area contributed by atoms with Crippen molar-refractivity contribution >= 4 is 51.0 Å². The van der Waals surface area contributed by atoms with Gasteiger partial charge < -0.3 is 15.4 Å². The molecule has 7 nitrogen and oxygen atoms in total. The first kappa shape index (κ1) is 21.6. The summed E-state index contributed by atoms with van der Waals surface area (Å²) in [5, 5.41) is 5.85. The summed E-state index contributed by atoms with van der Waals surface area (Å²) < 4.78 is 32.1. The van der Waals surface area contributed by atoms with Gasteiger partial charge in [0.1, 0.15) is 0 Å². The number of ether oxygens (including phenoxy) is 1. The third kappa shape index (κ3) is 5.49. The minimum Gasteiger partial charge on any atom is -0.379 e. The maximum atomic E-state index is 12.8. The van der Waals surface area contributed by atoms with Gasteiger partial charge in [-0.2, -0.15) is 4.31 Å². The van der Waals surface area contributed by atoms with Gasteiger partial charge in [-0.05, 0) is 35.9 Å². The monoisotopic (exact) mass is 455 g/mol. The van der Waals surface area contributed by atoms with Crippen molar-refractivity contribution in [2.45, 2.75) is 4.90 Å². The van der Waals surface area contributed by atoms with E-state index in [9.17, 15) is 13.2 Å². The molecule has 2 N–H and O–H groups in total. The molecule has 2 amide bonds. The van der Waals surface area contributed by atoms with Crippen LogP contribution in [-0.4, -0.2) is 45.1 Å². The van der Waals surface area contributed by atoms with Gasteiger partial charge in [-0.1, -0.05) is 41.4 Å². The molecule has 10 heteroatoms. The Bertz CT molecular complexity index is 1020. The lowest BCUT2D eigenvalue weighted by molar-refractivity contribution is 0.0730. The first-order valence-corrected chi connectivity index (χ1v) is 10.9. The van der Waals surface area contributed by atoms with Gasteiger partial charge in [0, 0.05) is 24.3 Å². The second-order valence-electron chi connectivity index (χ2n) is 6.11. The van der Waals surface area contributed by atoms with Gasteiger partial charge >= 0.3 is 6.03 Å². The molecule has 2 aromatic carbocycles. The van der Waals surface area contributed by atoms with E-state index in [1.165, 1.54) is 28.7 Å². The average molecular weight is 456 g/mol. The number of carbonyl (C=O) groups is 1. The highest BCUT2D eigenvalue weighted by Gasteiger charge is 2.27. The van der Waals surface area contributed by atoms with Gasteiger partial charge in [0.2, 0.25) is 10.0 Å². The van der Waals surface area contributed by atoms with E-state index >= 15 is 0 Å². The number of hydrogen-bond donors (Lipinski definition) is 2. The van der Waals surface area contributed by atoms with Crippen LogP contribution in [0.2, 0.25) is 10.0 Å². The van der Waals surface area contributed by atoms with Crippen LogP contribution in [0.4, 0.5) is 10.5 Å². The molecule has 154 valence electrons. The number of amides is 2. The van der Waals surface area contributed by atoms with Crippen molar-refractivity contribution in [2.24, 2.45) is 0 Å². The fourth-order valence-electron chi connectivity index (χ4n) is 2.67. The quantitative estimate of drug-likeness (QED) is 0.717. The van der Waals surface area contributed by atoms with Gasteiger partial charge in [-0.25, -0.2) is 13.2 Å². The van der Waals surface area contributed by atoms with E-state index in [4.69, 9.17) is 27.9 Å². The largest absolute Gasteiger partial charge is 0.379 e. The molecule has 3 rings (SSSR count). The number of hydrogen-bond acceptors (Lipinski definition) is 4. The van der Waals surface area contributed by atoms with Crippen molar-refractivity contribution in [3.05, 3.63) is 64.3 Å². The number of nitrogens with one attached hydrogen (secondary N) is 2. The Morgan fingerprint density at radius 3 is 2.52 bits per heavy atom. The highest BCUT2D eigenvalue weighted by molar-refractivity contribution is 7.89. The number of benzene rings is 2. The summed E-state index contributed by atoms with van der Waals surface area (Å²) in [7, 11) is -3.70. The number of nitrogens with zero attached hydrogens (tertiary/aromatic N) is 1. The summed E-state index contributed by atoms with van der Waals surface area (Å²) in [4.78, 5) is 12.2. The van der Waals surface area contributed by atoms with Crippen molar-refractivity contribution in [3.8, 4) is 0 Å². The van der Waals surface area contributed by atoms with Crippen LogP contribution in [0.1, 0.15) is 5.56 Å². The molecule has 1 aliphatic rings. The van der Waals surface area contributed by atoms with E-state index in [0.29, 0.717) is 18.2 Å². The summed E-state index contributed by atoms with van der Waals surface area (Å²) in [6.07, 6.45) is 3.07. The summed E-state index contributed by atoms with van der Waals surface area (Å²) in [6, 6.07) is 10.8. The van der Waals surface area contributed by atoms with E-state index in [2.05, 4.69) is 10.6 Å². The predicted octanol–water partition coefficient (Wildman–Crippen LogP) is 3.81. The normalized spacial score (nSPS) is 15.4. The topological polar surface area (TPSA) is 87.7 Å². The van der Waals surface area contributed by atoms with E-state index < -0.39 is 16.1 Å². The second-order valence-corrected chi connectivity index (χ2v) is 8.86. The molecule has 0 saturated carbocycles. The van der Waals surface area contributed by atoms with E-state index in [-0.39, 0.29) is 28.7 Å². The zero-order valence-corrected chi connectivity index (χ0v) is 17.6. The van der Waals surface area contributed by atoms with Crippen LogP contribution in [0.25, 0.3) is 6.08 Å². The van der Waals surface area contributed by atoms with Crippen LogP contribution >= 0.6 is 23.2 Å². The Labute approximate surface area is 179 Å². The molecule has 1 fully saturated rings. The van der Waals surface area contributed by atoms with E-state index in [1.807, 2.05) is 6.07 Å². The lowest BCUT2D eigenvalue weighted by Crippen LogP contribution is -2.40. The van der Waals surface area contributed by atoms with Crippen molar-refractivity contribution in [1.82, 2.24) is 9.62 Å². The SMILES string of the molecule is O=C(N/C=C/c1ccccc1Cl)Nc1cc(S(=O)(=O)N2CCOCC2)ccc1Cl. The molecule has 0 spiro atoms. The number of sulfonamides is 1. The highest BCUT2D eigenvalue weighted by atomic mass is 35.5. The average Bonchev–Trinajstić information content (AvgIpc) is 2.71. The smallest absolute Gasteiger partial charge is 0.323 e. The lowest BCUT2D eigenvalue weighted by atomic mass is 10.2. The molecular formula is C19H19Cl2N3O4S. The Kier molecular flexibility index (Phi) is 7.15. The molecule has 0 radical (unpaired) electrons. The predicted molar refractivity (Wildman–Crippen MR) is 114 cm³/mol. The van der Waals surface area contributed by atoms with E-state index in [0.717, 1.165) is 5.56 Å². The molecular weight excluding hydrogens is 437 g/mol. The molecule has 29 heavy (non-hydrogen) atoms. The minimum absolute atomic E-state index is 0.0470. The number of morpholine rings is 1. The third-order valence-corrected chi connectivity index (χ3v) is 6.74. The van der Waals surface area contributed by atoms with Gasteiger partial charge in [-0.15, -0.1) is 0 Å². The molecule has 1 heterocycles. The number of rotatable bonds is 5. The number of anilines is 1. The molecule has 0 atom stereocenters. The van der Waals surface area contributed by atoms with Crippen molar-refractivity contribution in [3.63, 3.8) is 0 Å². The van der Waals surface area contributed by atoms with Crippen molar-refractivity contribution < 1.29 is 17.9 Å². The number of urea groups is 1. The fourth-order valence-corrected chi connectivity index (χ4v) is 4.47. The van der Waals surface area contributed by atoms with Gasteiger partial charge in [-0.3, -0.25) is 0 Å². The molecule has 2 aromatic rings.